The number of carbonyl (C=O) groups is 1. The van der Waals surface area contributed by atoms with Crippen molar-refractivity contribution in [1.82, 2.24) is 5.32 Å². The minimum Gasteiger partial charge on any atom is -0.493 e. The maximum Gasteiger partial charge on any atom is 0.255 e. The molecule has 1 aromatic carbocycles. The third kappa shape index (κ3) is 4.21. The Morgan fingerprint density at radius 3 is 2.80 bits per heavy atom. The Morgan fingerprint density at radius 1 is 1.40 bits per heavy atom. The molecular formula is C19H27ClN2O3. The Bertz CT molecular complexity index is 637. The highest BCUT2D eigenvalue weighted by Gasteiger charge is 2.41. The summed E-state index contributed by atoms with van der Waals surface area (Å²) in [7, 11) is 1.55. The van der Waals surface area contributed by atoms with Crippen LogP contribution in [0.5, 0.6) is 11.5 Å². The molecule has 25 heavy (non-hydrogen) atoms. The van der Waals surface area contributed by atoms with Gasteiger partial charge < -0.3 is 20.5 Å². The fourth-order valence-corrected chi connectivity index (χ4v) is 4.78. The van der Waals surface area contributed by atoms with Gasteiger partial charge in [0.2, 0.25) is 0 Å². The van der Waals surface area contributed by atoms with E-state index in [0.717, 1.165) is 29.9 Å². The van der Waals surface area contributed by atoms with Crippen LogP contribution in [-0.2, 0) is 11.3 Å². The Hall–Kier alpha value is -1.46. The van der Waals surface area contributed by atoms with Gasteiger partial charge in [-0.2, -0.15) is 0 Å². The molecule has 0 aliphatic heterocycles. The van der Waals surface area contributed by atoms with Gasteiger partial charge in [-0.1, -0.05) is 18.0 Å². The molecule has 2 aliphatic rings. The predicted molar refractivity (Wildman–Crippen MR) is 97.9 cm³/mol. The number of hydrogen-bond donors (Lipinski definition) is 2. The van der Waals surface area contributed by atoms with Gasteiger partial charge in [0, 0.05) is 12.6 Å². The summed E-state index contributed by atoms with van der Waals surface area (Å²) in [5.74, 6) is 2.95. The van der Waals surface area contributed by atoms with Crippen LogP contribution < -0.4 is 20.5 Å². The molecule has 4 atom stereocenters. The standard InChI is InChI=1S/C19H27ClN2O3/c1-11(15-6-12-3-4-14(15)5-12)22-9-13-7-16(20)19(17(8-13)24-2)25-10-18(21)23/h7-8,11-12,14-15,22H,3-6,9-10H2,1-2H3,(H2,21,23). The average molecular weight is 367 g/mol. The number of ether oxygens (including phenoxy) is 2. The van der Waals surface area contributed by atoms with Crippen LogP contribution in [0.1, 0.15) is 38.2 Å². The van der Waals surface area contributed by atoms with Crippen LogP contribution in [0.2, 0.25) is 5.02 Å². The predicted octanol–water partition coefficient (Wildman–Crippen LogP) is 3.13. The number of fused-ring (bicyclic) bond motifs is 2. The van der Waals surface area contributed by atoms with E-state index >= 15 is 0 Å². The van der Waals surface area contributed by atoms with Gasteiger partial charge in [0.05, 0.1) is 12.1 Å². The molecule has 4 unspecified atom stereocenters. The Kier molecular flexibility index (Phi) is 5.74. The number of amides is 1. The van der Waals surface area contributed by atoms with E-state index in [0.29, 0.717) is 22.6 Å². The molecule has 2 aliphatic carbocycles. The van der Waals surface area contributed by atoms with Crippen LogP contribution in [0.3, 0.4) is 0 Å². The first kappa shape index (κ1) is 18.3. The fraction of sp³-hybridized carbons (Fsp3) is 0.632. The van der Waals surface area contributed by atoms with Crippen molar-refractivity contribution in [2.24, 2.45) is 23.5 Å². The zero-order chi connectivity index (χ0) is 18.0. The molecule has 2 saturated carbocycles. The largest absolute Gasteiger partial charge is 0.493 e. The average Bonchev–Trinajstić information content (AvgIpc) is 3.21. The summed E-state index contributed by atoms with van der Waals surface area (Å²) in [6.07, 6.45) is 5.60. The van der Waals surface area contributed by atoms with Gasteiger partial charge in [0.1, 0.15) is 0 Å². The van der Waals surface area contributed by atoms with Crippen molar-refractivity contribution in [2.75, 3.05) is 13.7 Å². The summed E-state index contributed by atoms with van der Waals surface area (Å²) in [5, 5.41) is 4.07. The van der Waals surface area contributed by atoms with Gasteiger partial charge in [-0.05, 0) is 61.6 Å². The molecule has 6 heteroatoms. The quantitative estimate of drug-likeness (QED) is 0.741. The molecule has 2 bridgehead atoms. The van der Waals surface area contributed by atoms with E-state index in [-0.39, 0.29) is 6.61 Å². The molecule has 0 aromatic heterocycles. The van der Waals surface area contributed by atoms with Gasteiger partial charge in [-0.3, -0.25) is 4.79 Å². The highest BCUT2D eigenvalue weighted by molar-refractivity contribution is 6.32. The van der Waals surface area contributed by atoms with Gasteiger partial charge in [-0.25, -0.2) is 0 Å². The fourth-order valence-electron chi connectivity index (χ4n) is 4.50. The highest BCUT2D eigenvalue weighted by Crippen LogP contribution is 2.49. The molecule has 0 spiro atoms. The zero-order valence-corrected chi connectivity index (χ0v) is 15.6. The number of primary amides is 1. The summed E-state index contributed by atoms with van der Waals surface area (Å²) >= 11 is 6.31. The molecule has 0 radical (unpaired) electrons. The van der Waals surface area contributed by atoms with E-state index in [9.17, 15) is 4.79 Å². The third-order valence-corrected chi connectivity index (χ3v) is 5.99. The second kappa shape index (κ2) is 7.83. The van der Waals surface area contributed by atoms with Crippen molar-refractivity contribution in [3.8, 4) is 11.5 Å². The van der Waals surface area contributed by atoms with Crippen LogP contribution in [0, 0.1) is 17.8 Å². The molecule has 138 valence electrons. The number of benzene rings is 1. The Labute approximate surface area is 154 Å². The van der Waals surface area contributed by atoms with E-state index in [1.165, 1.54) is 25.7 Å². The summed E-state index contributed by atoms with van der Waals surface area (Å²) in [5.41, 5.74) is 6.15. The van der Waals surface area contributed by atoms with Crippen LogP contribution in [0.25, 0.3) is 0 Å². The minimum absolute atomic E-state index is 0.227. The summed E-state index contributed by atoms with van der Waals surface area (Å²) in [6.45, 7) is 2.78. The molecule has 1 aromatic rings. The number of nitrogens with two attached hydrogens (primary N) is 1. The van der Waals surface area contributed by atoms with E-state index in [1.807, 2.05) is 12.1 Å². The van der Waals surface area contributed by atoms with Gasteiger partial charge in [0.15, 0.2) is 18.1 Å². The van der Waals surface area contributed by atoms with Crippen molar-refractivity contribution < 1.29 is 14.3 Å². The van der Waals surface area contributed by atoms with Crippen molar-refractivity contribution in [3.63, 3.8) is 0 Å². The summed E-state index contributed by atoms with van der Waals surface area (Å²) in [4.78, 5) is 10.9. The van der Waals surface area contributed by atoms with Gasteiger partial charge >= 0.3 is 0 Å². The second-order valence-corrected chi connectivity index (χ2v) is 7.78. The summed E-state index contributed by atoms with van der Waals surface area (Å²) in [6, 6.07) is 4.23. The maximum absolute atomic E-state index is 10.9. The van der Waals surface area contributed by atoms with Crippen LogP contribution in [-0.4, -0.2) is 25.7 Å². The molecule has 3 N–H and O–H groups in total. The number of carbonyl (C=O) groups excluding carboxylic acids is 1. The number of nitrogens with one attached hydrogen (secondary N) is 1. The van der Waals surface area contributed by atoms with Crippen LogP contribution in [0.15, 0.2) is 12.1 Å². The van der Waals surface area contributed by atoms with E-state index < -0.39 is 5.91 Å². The molecule has 0 saturated heterocycles. The topological polar surface area (TPSA) is 73.6 Å². The molecule has 0 heterocycles. The molecule has 1 amide bonds. The lowest BCUT2D eigenvalue weighted by Gasteiger charge is -2.28. The first-order valence-electron chi connectivity index (χ1n) is 8.98. The lowest BCUT2D eigenvalue weighted by Crippen LogP contribution is -2.35. The van der Waals surface area contributed by atoms with Crippen molar-refractivity contribution >= 4 is 17.5 Å². The van der Waals surface area contributed by atoms with Crippen LogP contribution >= 0.6 is 11.6 Å². The monoisotopic (exact) mass is 366 g/mol. The SMILES string of the molecule is COc1cc(CNC(C)C2CC3CCC2C3)cc(Cl)c1OCC(N)=O. The van der Waals surface area contributed by atoms with Gasteiger partial charge in [0.25, 0.3) is 5.91 Å². The first-order valence-corrected chi connectivity index (χ1v) is 9.36. The number of methoxy groups -OCH3 is 1. The molecule has 2 fully saturated rings. The number of hydrogen-bond acceptors (Lipinski definition) is 4. The third-order valence-electron chi connectivity index (χ3n) is 5.71. The Balaban J connectivity index is 1.62. The van der Waals surface area contributed by atoms with E-state index in [2.05, 4.69) is 12.2 Å². The Morgan fingerprint density at radius 2 is 2.20 bits per heavy atom. The lowest BCUT2D eigenvalue weighted by molar-refractivity contribution is -0.119. The molecular weight excluding hydrogens is 340 g/mol. The smallest absolute Gasteiger partial charge is 0.255 e. The zero-order valence-electron chi connectivity index (χ0n) is 14.9. The second-order valence-electron chi connectivity index (χ2n) is 7.37. The molecule has 5 nitrogen and oxygen atoms in total. The first-order chi connectivity index (χ1) is 12.0. The van der Waals surface area contributed by atoms with Gasteiger partial charge in [-0.15, -0.1) is 0 Å². The number of halogens is 1. The highest BCUT2D eigenvalue weighted by atomic mass is 35.5. The summed E-state index contributed by atoms with van der Waals surface area (Å²) < 4.78 is 10.7. The van der Waals surface area contributed by atoms with Crippen molar-refractivity contribution in [2.45, 2.75) is 45.2 Å². The minimum atomic E-state index is -0.552. The lowest BCUT2D eigenvalue weighted by atomic mass is 9.84. The normalized spacial score (nSPS) is 25.8. The van der Waals surface area contributed by atoms with Crippen molar-refractivity contribution in [3.05, 3.63) is 22.7 Å². The molecule has 3 rings (SSSR count). The van der Waals surface area contributed by atoms with E-state index in [4.69, 9.17) is 26.8 Å². The number of rotatable bonds is 8. The van der Waals surface area contributed by atoms with E-state index in [1.54, 1.807) is 7.11 Å². The van der Waals surface area contributed by atoms with Crippen LogP contribution in [0.4, 0.5) is 0 Å². The van der Waals surface area contributed by atoms with Crippen molar-refractivity contribution in [1.29, 1.82) is 0 Å². The maximum atomic E-state index is 10.9.